The molecular weight excluding hydrogens is 426 g/mol. The lowest BCUT2D eigenvalue weighted by Gasteiger charge is -2.52. The molecule has 1 saturated heterocycles. The number of amides is 1. The van der Waals surface area contributed by atoms with E-state index in [0.717, 1.165) is 36.8 Å². The Morgan fingerprint density at radius 3 is 2.65 bits per heavy atom. The van der Waals surface area contributed by atoms with Crippen molar-refractivity contribution in [3.8, 4) is 11.5 Å². The highest BCUT2D eigenvalue weighted by Crippen LogP contribution is 2.50. The molecule has 0 radical (unpaired) electrons. The van der Waals surface area contributed by atoms with Crippen LogP contribution in [-0.4, -0.2) is 39.8 Å². The monoisotopic (exact) mass is 463 g/mol. The molecule has 5 nitrogen and oxygen atoms in total. The van der Waals surface area contributed by atoms with Gasteiger partial charge in [-0.25, -0.2) is 0 Å². The fourth-order valence-corrected chi connectivity index (χ4v) is 5.58. The van der Waals surface area contributed by atoms with Gasteiger partial charge in [-0.05, 0) is 67.0 Å². The first-order chi connectivity index (χ1) is 16.3. The number of carbonyl (C=O) groups is 1. The van der Waals surface area contributed by atoms with E-state index in [4.69, 9.17) is 4.74 Å². The van der Waals surface area contributed by atoms with E-state index in [-0.39, 0.29) is 23.6 Å². The van der Waals surface area contributed by atoms with Gasteiger partial charge in [-0.3, -0.25) is 4.79 Å². The summed E-state index contributed by atoms with van der Waals surface area (Å²) >= 11 is 0. The SMILES string of the molecule is CCOc1cc(C2C3CCCCC3(O)CCN2C(=O)C=Cc2ccc(C(C)C)cc2)ccc1O. The number of fused-ring (bicyclic) bond motifs is 1. The largest absolute Gasteiger partial charge is 0.504 e. The Kier molecular flexibility index (Phi) is 7.32. The van der Waals surface area contributed by atoms with Crippen molar-refractivity contribution >= 4 is 12.0 Å². The lowest BCUT2D eigenvalue weighted by atomic mass is 9.66. The van der Waals surface area contributed by atoms with E-state index < -0.39 is 5.60 Å². The predicted octanol–water partition coefficient (Wildman–Crippen LogP) is 5.82. The van der Waals surface area contributed by atoms with E-state index >= 15 is 0 Å². The maximum atomic E-state index is 13.5. The topological polar surface area (TPSA) is 70.0 Å². The highest BCUT2D eigenvalue weighted by molar-refractivity contribution is 5.92. The molecule has 0 aromatic heterocycles. The molecule has 2 aliphatic rings. The van der Waals surface area contributed by atoms with E-state index in [0.29, 0.717) is 31.2 Å². The number of ether oxygens (including phenoxy) is 1. The first kappa shape index (κ1) is 24.3. The van der Waals surface area contributed by atoms with E-state index in [1.807, 2.05) is 42.2 Å². The maximum Gasteiger partial charge on any atom is 0.247 e. The van der Waals surface area contributed by atoms with Crippen LogP contribution >= 0.6 is 0 Å². The van der Waals surface area contributed by atoms with Crippen molar-refractivity contribution in [1.29, 1.82) is 0 Å². The van der Waals surface area contributed by atoms with Crippen LogP contribution in [0.3, 0.4) is 0 Å². The molecule has 1 heterocycles. The molecule has 2 aromatic rings. The third-order valence-corrected chi connectivity index (χ3v) is 7.50. The summed E-state index contributed by atoms with van der Waals surface area (Å²) in [6.07, 6.45) is 7.80. The second-order valence-electron chi connectivity index (χ2n) is 10.00. The van der Waals surface area contributed by atoms with Crippen molar-refractivity contribution in [3.63, 3.8) is 0 Å². The van der Waals surface area contributed by atoms with E-state index in [1.54, 1.807) is 12.1 Å². The Morgan fingerprint density at radius 2 is 1.94 bits per heavy atom. The lowest BCUT2D eigenvalue weighted by molar-refractivity contribution is -0.150. The fraction of sp³-hybridized carbons (Fsp3) is 0.483. The quantitative estimate of drug-likeness (QED) is 0.530. The van der Waals surface area contributed by atoms with Gasteiger partial charge in [-0.15, -0.1) is 0 Å². The average Bonchev–Trinajstić information content (AvgIpc) is 2.83. The zero-order chi connectivity index (χ0) is 24.3. The van der Waals surface area contributed by atoms with E-state index in [1.165, 1.54) is 5.56 Å². The Bertz CT molecular complexity index is 1030. The van der Waals surface area contributed by atoms with Crippen LogP contribution in [0.1, 0.15) is 81.5 Å². The number of likely N-dealkylation sites (tertiary alicyclic amines) is 1. The summed E-state index contributed by atoms with van der Waals surface area (Å²) in [6, 6.07) is 13.3. The summed E-state index contributed by atoms with van der Waals surface area (Å²) in [5.74, 6) is 0.865. The number of phenolic OH excluding ortho intramolecular Hbond substituents is 1. The zero-order valence-corrected chi connectivity index (χ0v) is 20.5. The van der Waals surface area contributed by atoms with Gasteiger partial charge in [-0.2, -0.15) is 0 Å². The van der Waals surface area contributed by atoms with E-state index in [2.05, 4.69) is 26.0 Å². The van der Waals surface area contributed by atoms with Crippen molar-refractivity contribution < 1.29 is 19.7 Å². The smallest absolute Gasteiger partial charge is 0.247 e. The Balaban J connectivity index is 1.64. The van der Waals surface area contributed by atoms with Gasteiger partial charge < -0.3 is 19.8 Å². The number of aliphatic hydroxyl groups is 1. The van der Waals surface area contributed by atoms with Crippen LogP contribution < -0.4 is 4.74 Å². The highest BCUT2D eigenvalue weighted by Gasteiger charge is 2.50. The minimum atomic E-state index is -0.764. The fourth-order valence-electron chi connectivity index (χ4n) is 5.58. The molecule has 4 rings (SSSR count). The number of aromatic hydroxyl groups is 1. The van der Waals surface area contributed by atoms with Crippen LogP contribution in [-0.2, 0) is 4.79 Å². The van der Waals surface area contributed by atoms with Crippen LogP contribution in [0.5, 0.6) is 11.5 Å². The number of hydrogen-bond acceptors (Lipinski definition) is 4. The highest BCUT2D eigenvalue weighted by atomic mass is 16.5. The second-order valence-corrected chi connectivity index (χ2v) is 10.00. The summed E-state index contributed by atoms with van der Waals surface area (Å²) in [5.41, 5.74) is 2.39. The van der Waals surface area contributed by atoms with Gasteiger partial charge in [0.25, 0.3) is 0 Å². The molecule has 34 heavy (non-hydrogen) atoms. The molecule has 1 amide bonds. The number of piperidine rings is 1. The summed E-state index contributed by atoms with van der Waals surface area (Å²) < 4.78 is 5.63. The number of hydrogen-bond donors (Lipinski definition) is 2. The molecule has 2 aromatic carbocycles. The lowest BCUT2D eigenvalue weighted by Crippen LogP contribution is -2.56. The molecular formula is C29H37NO4. The van der Waals surface area contributed by atoms with Crippen LogP contribution in [0.4, 0.5) is 0 Å². The average molecular weight is 464 g/mol. The zero-order valence-electron chi connectivity index (χ0n) is 20.5. The standard InChI is InChI=1S/C29H37NO4/c1-4-34-26-19-23(13-14-25(26)31)28-24-7-5-6-16-29(24,33)17-18-30(28)27(32)15-10-21-8-11-22(12-9-21)20(2)3/h8-15,19-20,24,28,31,33H,4-7,16-18H2,1-3H3. The molecule has 2 N–H and O–H groups in total. The predicted molar refractivity (Wildman–Crippen MR) is 135 cm³/mol. The summed E-state index contributed by atoms with van der Waals surface area (Å²) in [4.78, 5) is 15.4. The second kappa shape index (κ2) is 10.2. The van der Waals surface area contributed by atoms with Crippen molar-refractivity contribution in [2.75, 3.05) is 13.2 Å². The molecule has 0 spiro atoms. The number of phenols is 1. The van der Waals surface area contributed by atoms with Gasteiger partial charge in [0.2, 0.25) is 5.91 Å². The molecule has 1 saturated carbocycles. The summed E-state index contributed by atoms with van der Waals surface area (Å²) in [7, 11) is 0. The Hall–Kier alpha value is -2.79. The summed E-state index contributed by atoms with van der Waals surface area (Å²) in [6.45, 7) is 7.14. The van der Waals surface area contributed by atoms with Gasteiger partial charge in [0.1, 0.15) is 0 Å². The molecule has 1 aliphatic carbocycles. The normalized spacial score (nSPS) is 24.9. The van der Waals surface area contributed by atoms with Crippen molar-refractivity contribution in [1.82, 2.24) is 4.90 Å². The van der Waals surface area contributed by atoms with Crippen LogP contribution in [0, 0.1) is 5.92 Å². The third-order valence-electron chi connectivity index (χ3n) is 7.50. The molecule has 3 atom stereocenters. The molecule has 182 valence electrons. The van der Waals surface area contributed by atoms with Gasteiger partial charge in [0, 0.05) is 18.5 Å². The minimum Gasteiger partial charge on any atom is -0.504 e. The van der Waals surface area contributed by atoms with Crippen LogP contribution in [0.25, 0.3) is 6.08 Å². The molecule has 5 heteroatoms. The Labute approximate surface area is 203 Å². The number of benzene rings is 2. The van der Waals surface area contributed by atoms with Crippen LogP contribution in [0.15, 0.2) is 48.5 Å². The molecule has 2 fully saturated rings. The summed E-state index contributed by atoms with van der Waals surface area (Å²) in [5, 5.41) is 21.7. The van der Waals surface area contributed by atoms with Crippen molar-refractivity contribution in [3.05, 3.63) is 65.2 Å². The van der Waals surface area contributed by atoms with Gasteiger partial charge in [-0.1, -0.05) is 57.0 Å². The number of carbonyl (C=O) groups excluding carboxylic acids is 1. The van der Waals surface area contributed by atoms with Gasteiger partial charge in [0.05, 0.1) is 18.2 Å². The van der Waals surface area contributed by atoms with Crippen molar-refractivity contribution in [2.24, 2.45) is 5.92 Å². The first-order valence-electron chi connectivity index (χ1n) is 12.6. The number of nitrogens with zero attached hydrogens (tertiary/aromatic N) is 1. The minimum absolute atomic E-state index is 0.0447. The Morgan fingerprint density at radius 1 is 1.18 bits per heavy atom. The first-order valence-corrected chi connectivity index (χ1v) is 12.6. The molecule has 1 aliphatic heterocycles. The molecule has 3 unspecified atom stereocenters. The van der Waals surface area contributed by atoms with Gasteiger partial charge in [0.15, 0.2) is 11.5 Å². The third kappa shape index (κ3) is 5.00. The van der Waals surface area contributed by atoms with Gasteiger partial charge >= 0.3 is 0 Å². The molecule has 0 bridgehead atoms. The van der Waals surface area contributed by atoms with Crippen molar-refractivity contribution in [2.45, 2.75) is 70.4 Å². The van der Waals surface area contributed by atoms with E-state index in [9.17, 15) is 15.0 Å². The maximum absolute atomic E-state index is 13.5. The number of rotatable bonds is 6. The van der Waals surface area contributed by atoms with Crippen LogP contribution in [0.2, 0.25) is 0 Å².